The van der Waals surface area contributed by atoms with Crippen LogP contribution >= 0.6 is 0 Å². The predicted molar refractivity (Wildman–Crippen MR) is 91.6 cm³/mol. The highest BCUT2D eigenvalue weighted by Gasteiger charge is 2.31. The summed E-state index contributed by atoms with van der Waals surface area (Å²) in [5.74, 6) is -0.176. The molecule has 1 heterocycles. The standard InChI is InChI=1S/C18H24N2O3/c1-4-11-23-12-7-10-17(21)20-13-14(2)18(22)19(3)15-8-5-6-9-16(15)20/h4-6,8-9,14H,1,7,10-13H2,2-3H3. The van der Waals surface area contributed by atoms with Gasteiger partial charge in [-0.3, -0.25) is 9.59 Å². The van der Waals surface area contributed by atoms with Crippen molar-refractivity contribution in [3.8, 4) is 0 Å². The van der Waals surface area contributed by atoms with Crippen LogP contribution in [0.5, 0.6) is 0 Å². The van der Waals surface area contributed by atoms with E-state index < -0.39 is 0 Å². The summed E-state index contributed by atoms with van der Waals surface area (Å²) in [6.07, 6.45) is 2.75. The highest BCUT2D eigenvalue weighted by Crippen LogP contribution is 2.33. The monoisotopic (exact) mass is 316 g/mol. The lowest BCUT2D eigenvalue weighted by Crippen LogP contribution is -2.37. The number of para-hydroxylation sites is 2. The first kappa shape index (κ1) is 17.2. The van der Waals surface area contributed by atoms with E-state index in [-0.39, 0.29) is 17.7 Å². The number of fused-ring (bicyclic) bond motifs is 1. The van der Waals surface area contributed by atoms with Gasteiger partial charge < -0.3 is 14.5 Å². The Bertz CT molecular complexity index is 585. The quantitative estimate of drug-likeness (QED) is 0.599. The highest BCUT2D eigenvalue weighted by atomic mass is 16.5. The molecule has 0 spiro atoms. The Balaban J connectivity index is 2.13. The van der Waals surface area contributed by atoms with Crippen molar-refractivity contribution in [1.82, 2.24) is 0 Å². The molecule has 1 aliphatic rings. The third-order valence-electron chi connectivity index (χ3n) is 3.96. The van der Waals surface area contributed by atoms with Crippen molar-refractivity contribution in [2.24, 2.45) is 5.92 Å². The lowest BCUT2D eigenvalue weighted by atomic mass is 10.1. The van der Waals surface area contributed by atoms with Gasteiger partial charge >= 0.3 is 0 Å². The Labute approximate surface area is 137 Å². The van der Waals surface area contributed by atoms with Gasteiger partial charge in [-0.25, -0.2) is 0 Å². The third-order valence-corrected chi connectivity index (χ3v) is 3.96. The van der Waals surface area contributed by atoms with Crippen LogP contribution in [-0.4, -0.2) is 38.6 Å². The first-order chi connectivity index (χ1) is 11.1. The minimum Gasteiger partial charge on any atom is -0.377 e. The van der Waals surface area contributed by atoms with Gasteiger partial charge in [-0.05, 0) is 18.6 Å². The van der Waals surface area contributed by atoms with Gasteiger partial charge in [0.1, 0.15) is 0 Å². The van der Waals surface area contributed by atoms with E-state index in [1.54, 1.807) is 22.9 Å². The van der Waals surface area contributed by atoms with E-state index in [9.17, 15) is 9.59 Å². The minimum absolute atomic E-state index is 0.0228. The zero-order valence-electron chi connectivity index (χ0n) is 13.8. The van der Waals surface area contributed by atoms with E-state index in [2.05, 4.69) is 6.58 Å². The maximum atomic E-state index is 12.6. The molecule has 1 aromatic rings. The van der Waals surface area contributed by atoms with Crippen LogP contribution in [0, 0.1) is 5.92 Å². The second kappa shape index (κ2) is 7.92. The van der Waals surface area contributed by atoms with Crippen LogP contribution < -0.4 is 9.80 Å². The molecule has 0 saturated heterocycles. The topological polar surface area (TPSA) is 49.9 Å². The summed E-state index contributed by atoms with van der Waals surface area (Å²) in [6, 6.07) is 7.53. The second-order valence-electron chi connectivity index (χ2n) is 5.76. The fraction of sp³-hybridized carbons (Fsp3) is 0.444. The molecular formula is C18H24N2O3. The van der Waals surface area contributed by atoms with Crippen molar-refractivity contribution in [1.29, 1.82) is 0 Å². The van der Waals surface area contributed by atoms with Crippen LogP contribution in [0.1, 0.15) is 19.8 Å². The van der Waals surface area contributed by atoms with Gasteiger partial charge in [0, 0.05) is 26.6 Å². The van der Waals surface area contributed by atoms with E-state index >= 15 is 0 Å². The van der Waals surface area contributed by atoms with E-state index in [0.717, 1.165) is 11.4 Å². The van der Waals surface area contributed by atoms with Crippen LogP contribution in [0.2, 0.25) is 0 Å². The summed E-state index contributed by atoms with van der Waals surface area (Å²) >= 11 is 0. The molecule has 0 N–H and O–H groups in total. The molecule has 0 fully saturated rings. The molecule has 1 unspecified atom stereocenters. The second-order valence-corrected chi connectivity index (χ2v) is 5.76. The fourth-order valence-corrected chi connectivity index (χ4v) is 2.74. The number of hydrogen-bond donors (Lipinski definition) is 0. The SMILES string of the molecule is C=CCOCCCC(=O)N1CC(C)C(=O)N(C)c2ccccc21. The molecule has 124 valence electrons. The Morgan fingerprint density at radius 2 is 2.09 bits per heavy atom. The Hall–Kier alpha value is -2.14. The van der Waals surface area contributed by atoms with E-state index in [0.29, 0.717) is 32.6 Å². The summed E-state index contributed by atoms with van der Waals surface area (Å²) in [6.45, 7) is 6.88. The summed E-state index contributed by atoms with van der Waals surface area (Å²) in [5.41, 5.74) is 1.57. The lowest BCUT2D eigenvalue weighted by molar-refractivity contribution is -0.121. The van der Waals surface area contributed by atoms with Crippen molar-refractivity contribution in [2.45, 2.75) is 19.8 Å². The molecule has 5 nitrogen and oxygen atoms in total. The minimum atomic E-state index is -0.228. The number of amides is 2. The predicted octanol–water partition coefficient (Wildman–Crippen LogP) is 2.61. The van der Waals surface area contributed by atoms with Crippen LogP contribution in [0.25, 0.3) is 0 Å². The van der Waals surface area contributed by atoms with Crippen molar-refractivity contribution in [3.63, 3.8) is 0 Å². The third kappa shape index (κ3) is 3.99. The van der Waals surface area contributed by atoms with E-state index in [1.807, 2.05) is 31.2 Å². The molecule has 1 aliphatic heterocycles. The lowest BCUT2D eigenvalue weighted by Gasteiger charge is -2.24. The highest BCUT2D eigenvalue weighted by molar-refractivity contribution is 6.05. The van der Waals surface area contributed by atoms with Gasteiger partial charge in [-0.15, -0.1) is 6.58 Å². The Morgan fingerprint density at radius 3 is 2.78 bits per heavy atom. The maximum Gasteiger partial charge on any atom is 0.231 e. The smallest absolute Gasteiger partial charge is 0.231 e. The largest absolute Gasteiger partial charge is 0.377 e. The molecule has 23 heavy (non-hydrogen) atoms. The molecule has 2 amide bonds. The molecule has 2 rings (SSSR count). The van der Waals surface area contributed by atoms with Crippen LogP contribution in [-0.2, 0) is 14.3 Å². The van der Waals surface area contributed by atoms with Crippen molar-refractivity contribution >= 4 is 23.2 Å². The van der Waals surface area contributed by atoms with Crippen molar-refractivity contribution in [3.05, 3.63) is 36.9 Å². The summed E-state index contributed by atoms with van der Waals surface area (Å²) in [4.78, 5) is 28.4. The molecular weight excluding hydrogens is 292 g/mol. The summed E-state index contributed by atoms with van der Waals surface area (Å²) in [7, 11) is 1.76. The van der Waals surface area contributed by atoms with Gasteiger partial charge in [0.2, 0.25) is 11.8 Å². The molecule has 0 aliphatic carbocycles. The fourth-order valence-electron chi connectivity index (χ4n) is 2.74. The maximum absolute atomic E-state index is 12.6. The van der Waals surface area contributed by atoms with Crippen LogP contribution in [0.3, 0.4) is 0 Å². The van der Waals surface area contributed by atoms with Crippen LogP contribution in [0.15, 0.2) is 36.9 Å². The number of rotatable bonds is 6. The number of benzene rings is 1. The molecule has 0 bridgehead atoms. The van der Waals surface area contributed by atoms with Gasteiger partial charge in [-0.2, -0.15) is 0 Å². The Kier molecular flexibility index (Phi) is 5.93. The normalized spacial score (nSPS) is 17.7. The summed E-state index contributed by atoms with van der Waals surface area (Å²) < 4.78 is 5.32. The molecule has 0 radical (unpaired) electrons. The van der Waals surface area contributed by atoms with Gasteiger partial charge in [0.05, 0.1) is 23.9 Å². The first-order valence-electron chi connectivity index (χ1n) is 7.92. The number of nitrogens with zero attached hydrogens (tertiary/aromatic N) is 2. The number of anilines is 2. The van der Waals surface area contributed by atoms with Crippen LogP contribution in [0.4, 0.5) is 11.4 Å². The molecule has 1 aromatic carbocycles. The molecule has 1 atom stereocenters. The van der Waals surface area contributed by atoms with Gasteiger partial charge in [-0.1, -0.05) is 25.1 Å². The zero-order chi connectivity index (χ0) is 16.8. The van der Waals surface area contributed by atoms with Gasteiger partial charge in [0.25, 0.3) is 0 Å². The molecule has 5 heteroatoms. The number of carbonyl (C=O) groups is 2. The summed E-state index contributed by atoms with van der Waals surface area (Å²) in [5, 5.41) is 0. The molecule has 0 saturated carbocycles. The number of hydrogen-bond acceptors (Lipinski definition) is 3. The van der Waals surface area contributed by atoms with E-state index in [1.165, 1.54) is 0 Å². The van der Waals surface area contributed by atoms with E-state index in [4.69, 9.17) is 4.74 Å². The number of carbonyl (C=O) groups excluding carboxylic acids is 2. The number of ether oxygens (including phenoxy) is 1. The van der Waals surface area contributed by atoms with Crippen molar-refractivity contribution in [2.75, 3.05) is 36.6 Å². The average molecular weight is 316 g/mol. The Morgan fingerprint density at radius 1 is 1.39 bits per heavy atom. The molecule has 0 aromatic heterocycles. The van der Waals surface area contributed by atoms with Crippen molar-refractivity contribution < 1.29 is 14.3 Å². The zero-order valence-corrected chi connectivity index (χ0v) is 13.8. The average Bonchev–Trinajstić information content (AvgIpc) is 2.66. The van der Waals surface area contributed by atoms with Gasteiger partial charge in [0.15, 0.2) is 0 Å². The first-order valence-corrected chi connectivity index (χ1v) is 7.92.